The number of rotatable bonds is 3. The lowest BCUT2D eigenvalue weighted by Gasteiger charge is -2.09. The third kappa shape index (κ3) is 2.49. The molecular formula is C15H14N2O. The first-order chi connectivity index (χ1) is 8.74. The molecule has 0 aliphatic rings. The molecule has 0 heterocycles. The van der Waals surface area contributed by atoms with E-state index in [1.54, 1.807) is 0 Å². The van der Waals surface area contributed by atoms with E-state index in [1.165, 1.54) is 0 Å². The van der Waals surface area contributed by atoms with Gasteiger partial charge >= 0.3 is 0 Å². The first kappa shape index (κ1) is 12.1. The van der Waals surface area contributed by atoms with Crippen molar-refractivity contribution in [2.75, 3.05) is 5.32 Å². The second kappa shape index (κ2) is 5.33. The molecule has 0 bridgehead atoms. The number of hydrogen-bond acceptors (Lipinski definition) is 2. The third-order valence-electron chi connectivity index (χ3n) is 2.90. The van der Waals surface area contributed by atoms with Crippen LogP contribution in [0.15, 0.2) is 42.5 Å². The molecule has 3 nitrogen and oxygen atoms in total. The van der Waals surface area contributed by atoms with E-state index in [4.69, 9.17) is 5.26 Å². The van der Waals surface area contributed by atoms with E-state index in [-0.39, 0.29) is 5.91 Å². The van der Waals surface area contributed by atoms with Crippen LogP contribution in [0.25, 0.3) is 10.8 Å². The second-order valence-electron chi connectivity index (χ2n) is 4.14. The molecular weight excluding hydrogens is 224 g/mol. The van der Waals surface area contributed by atoms with Gasteiger partial charge in [0.1, 0.15) is 5.92 Å². The lowest BCUT2D eigenvalue weighted by Crippen LogP contribution is -2.20. The summed E-state index contributed by atoms with van der Waals surface area (Å²) in [6.45, 7) is 1.83. The summed E-state index contributed by atoms with van der Waals surface area (Å²) < 4.78 is 0. The molecule has 1 N–H and O–H groups in total. The Labute approximate surface area is 106 Å². The zero-order valence-electron chi connectivity index (χ0n) is 10.2. The molecule has 0 aromatic heterocycles. The van der Waals surface area contributed by atoms with Gasteiger partial charge < -0.3 is 5.32 Å². The Kier molecular flexibility index (Phi) is 3.59. The molecule has 2 aromatic carbocycles. The summed E-state index contributed by atoms with van der Waals surface area (Å²) in [5, 5.41) is 13.8. The van der Waals surface area contributed by atoms with Gasteiger partial charge in [0.25, 0.3) is 0 Å². The van der Waals surface area contributed by atoms with Crippen LogP contribution >= 0.6 is 0 Å². The molecule has 2 rings (SSSR count). The summed E-state index contributed by atoms with van der Waals surface area (Å²) in [5.41, 5.74) is 0.729. The molecule has 0 spiro atoms. The number of carbonyl (C=O) groups excluding carboxylic acids is 1. The topological polar surface area (TPSA) is 52.9 Å². The Balaban J connectivity index is 2.22. The first-order valence-corrected chi connectivity index (χ1v) is 5.94. The number of amides is 1. The van der Waals surface area contributed by atoms with Gasteiger partial charge in [-0.1, -0.05) is 37.3 Å². The van der Waals surface area contributed by atoms with Crippen molar-refractivity contribution in [3.63, 3.8) is 0 Å². The van der Waals surface area contributed by atoms with Gasteiger partial charge in [-0.15, -0.1) is 0 Å². The number of fused-ring (bicyclic) bond motifs is 1. The van der Waals surface area contributed by atoms with Gasteiger partial charge in [0.2, 0.25) is 5.91 Å². The number of nitrogens with one attached hydrogen (secondary N) is 1. The molecule has 18 heavy (non-hydrogen) atoms. The lowest BCUT2D eigenvalue weighted by atomic mass is 10.1. The molecule has 2 aromatic rings. The highest BCUT2D eigenvalue weighted by Crippen LogP contribution is 2.19. The first-order valence-electron chi connectivity index (χ1n) is 5.94. The smallest absolute Gasteiger partial charge is 0.241 e. The van der Waals surface area contributed by atoms with Crippen molar-refractivity contribution < 1.29 is 4.79 Å². The SMILES string of the molecule is CCC(C#N)C(=O)Nc1ccc2ccccc2c1. The van der Waals surface area contributed by atoms with Crippen LogP contribution in [-0.4, -0.2) is 5.91 Å². The van der Waals surface area contributed by atoms with E-state index in [0.29, 0.717) is 6.42 Å². The Hall–Kier alpha value is -2.34. The number of nitrogens with zero attached hydrogens (tertiary/aromatic N) is 1. The predicted molar refractivity (Wildman–Crippen MR) is 72.0 cm³/mol. The van der Waals surface area contributed by atoms with Crippen molar-refractivity contribution in [1.82, 2.24) is 0 Å². The van der Waals surface area contributed by atoms with E-state index < -0.39 is 5.92 Å². The second-order valence-corrected chi connectivity index (χ2v) is 4.14. The zero-order chi connectivity index (χ0) is 13.0. The van der Waals surface area contributed by atoms with Crippen LogP contribution in [0, 0.1) is 17.2 Å². The Morgan fingerprint density at radius 2 is 2.00 bits per heavy atom. The summed E-state index contributed by atoms with van der Waals surface area (Å²) in [4.78, 5) is 11.8. The van der Waals surface area contributed by atoms with Crippen molar-refractivity contribution >= 4 is 22.4 Å². The lowest BCUT2D eigenvalue weighted by molar-refractivity contribution is -0.118. The van der Waals surface area contributed by atoms with Crippen LogP contribution in [0.2, 0.25) is 0 Å². The fourth-order valence-electron chi connectivity index (χ4n) is 1.83. The van der Waals surface area contributed by atoms with Gasteiger partial charge in [-0.05, 0) is 29.3 Å². The number of hydrogen-bond donors (Lipinski definition) is 1. The summed E-state index contributed by atoms with van der Waals surface area (Å²) in [5.74, 6) is -0.827. The minimum absolute atomic E-state index is 0.240. The maximum atomic E-state index is 11.8. The van der Waals surface area contributed by atoms with Gasteiger partial charge in [-0.25, -0.2) is 0 Å². The van der Waals surface area contributed by atoms with Crippen molar-refractivity contribution in [2.24, 2.45) is 5.92 Å². The quantitative estimate of drug-likeness (QED) is 0.891. The summed E-state index contributed by atoms with van der Waals surface area (Å²) in [7, 11) is 0. The Morgan fingerprint density at radius 3 is 2.67 bits per heavy atom. The van der Waals surface area contributed by atoms with Gasteiger partial charge in [0.15, 0.2) is 0 Å². The summed E-state index contributed by atoms with van der Waals surface area (Å²) in [6.07, 6.45) is 0.524. The van der Waals surface area contributed by atoms with E-state index >= 15 is 0 Å². The maximum absolute atomic E-state index is 11.8. The minimum Gasteiger partial charge on any atom is -0.325 e. The fourth-order valence-corrected chi connectivity index (χ4v) is 1.83. The monoisotopic (exact) mass is 238 g/mol. The van der Waals surface area contributed by atoms with E-state index in [0.717, 1.165) is 16.5 Å². The molecule has 90 valence electrons. The highest BCUT2D eigenvalue weighted by atomic mass is 16.1. The standard InChI is InChI=1S/C15H14N2O/c1-2-11(10-16)15(18)17-14-8-7-12-5-3-4-6-13(12)9-14/h3-9,11H,2H2,1H3,(H,17,18). The normalized spacial score (nSPS) is 11.8. The highest BCUT2D eigenvalue weighted by molar-refractivity contribution is 5.96. The summed E-state index contributed by atoms with van der Waals surface area (Å²) in [6, 6.07) is 15.7. The van der Waals surface area contributed by atoms with Crippen molar-refractivity contribution in [1.29, 1.82) is 5.26 Å². The molecule has 0 radical (unpaired) electrons. The van der Waals surface area contributed by atoms with Crippen molar-refractivity contribution in [3.8, 4) is 6.07 Å². The predicted octanol–water partition coefficient (Wildman–Crippen LogP) is 3.33. The zero-order valence-corrected chi connectivity index (χ0v) is 10.2. The Bertz CT molecular complexity index is 613. The third-order valence-corrected chi connectivity index (χ3v) is 2.90. The highest BCUT2D eigenvalue weighted by Gasteiger charge is 2.15. The van der Waals surface area contributed by atoms with Crippen molar-refractivity contribution in [3.05, 3.63) is 42.5 Å². The van der Waals surface area contributed by atoms with Gasteiger partial charge in [-0.2, -0.15) is 5.26 Å². The summed E-state index contributed by atoms with van der Waals surface area (Å²) >= 11 is 0. The van der Waals surface area contributed by atoms with Gasteiger partial charge in [0, 0.05) is 5.69 Å². The van der Waals surface area contributed by atoms with E-state index in [9.17, 15) is 4.79 Å². The number of anilines is 1. The molecule has 3 heteroatoms. The van der Waals surface area contributed by atoms with Crippen LogP contribution in [0.1, 0.15) is 13.3 Å². The molecule has 1 amide bonds. The molecule has 1 atom stereocenters. The number of nitriles is 1. The fraction of sp³-hybridized carbons (Fsp3) is 0.200. The molecule has 0 saturated heterocycles. The Morgan fingerprint density at radius 1 is 1.28 bits per heavy atom. The maximum Gasteiger partial charge on any atom is 0.241 e. The van der Waals surface area contributed by atoms with E-state index in [2.05, 4.69) is 5.32 Å². The average molecular weight is 238 g/mol. The van der Waals surface area contributed by atoms with Crippen LogP contribution in [-0.2, 0) is 4.79 Å². The average Bonchev–Trinajstić information content (AvgIpc) is 2.40. The number of carbonyl (C=O) groups is 1. The van der Waals surface area contributed by atoms with Crippen LogP contribution in [0.4, 0.5) is 5.69 Å². The molecule has 0 saturated carbocycles. The molecule has 1 unspecified atom stereocenters. The van der Waals surface area contributed by atoms with Gasteiger partial charge in [0.05, 0.1) is 6.07 Å². The molecule has 0 aliphatic heterocycles. The molecule has 0 aliphatic carbocycles. The molecule has 0 fully saturated rings. The van der Waals surface area contributed by atoms with Crippen LogP contribution < -0.4 is 5.32 Å². The number of benzene rings is 2. The van der Waals surface area contributed by atoms with E-state index in [1.807, 2.05) is 55.5 Å². The van der Waals surface area contributed by atoms with Crippen LogP contribution in [0.3, 0.4) is 0 Å². The largest absolute Gasteiger partial charge is 0.325 e. The minimum atomic E-state index is -0.587. The van der Waals surface area contributed by atoms with Crippen molar-refractivity contribution in [2.45, 2.75) is 13.3 Å². The van der Waals surface area contributed by atoms with Crippen LogP contribution in [0.5, 0.6) is 0 Å². The van der Waals surface area contributed by atoms with Gasteiger partial charge in [-0.3, -0.25) is 4.79 Å².